The Balaban J connectivity index is 1.72. The molecule has 0 spiro atoms. The number of fused-ring (bicyclic) bond motifs is 1. The predicted octanol–water partition coefficient (Wildman–Crippen LogP) is 2.54. The molecule has 1 fully saturated rings. The summed E-state index contributed by atoms with van der Waals surface area (Å²) in [6.07, 6.45) is 3.12. The third-order valence-electron chi connectivity index (χ3n) is 3.63. The van der Waals surface area contributed by atoms with Gasteiger partial charge >= 0.3 is 5.97 Å². The molecule has 1 aromatic carbocycles. The first-order chi connectivity index (χ1) is 10.2. The minimum Gasteiger partial charge on any atom is -0.458 e. The molecule has 1 unspecified atom stereocenters. The van der Waals surface area contributed by atoms with Crippen LogP contribution in [0.15, 0.2) is 30.3 Å². The summed E-state index contributed by atoms with van der Waals surface area (Å²) in [6, 6.07) is 9.01. The first-order valence-corrected chi connectivity index (χ1v) is 7.18. The monoisotopic (exact) mass is 286 g/mol. The molecule has 1 atom stereocenters. The smallest absolute Gasteiger partial charge is 0.357 e. The fraction of sp³-hybridized carbons (Fsp3) is 0.375. The van der Waals surface area contributed by atoms with Gasteiger partial charge in [-0.1, -0.05) is 18.2 Å². The van der Waals surface area contributed by atoms with E-state index in [1.165, 1.54) is 0 Å². The van der Waals surface area contributed by atoms with Gasteiger partial charge in [-0.2, -0.15) is 0 Å². The molecule has 5 nitrogen and oxygen atoms in total. The van der Waals surface area contributed by atoms with E-state index in [0.29, 0.717) is 11.2 Å². The Kier molecular flexibility index (Phi) is 4.01. The number of carbonyl (C=O) groups excluding carboxylic acids is 1. The molecule has 1 saturated heterocycles. The number of carbonyl (C=O) groups is 1. The van der Waals surface area contributed by atoms with E-state index in [1.54, 1.807) is 6.07 Å². The molecule has 0 amide bonds. The zero-order valence-electron chi connectivity index (χ0n) is 11.7. The van der Waals surface area contributed by atoms with Crippen molar-refractivity contribution in [3.63, 3.8) is 0 Å². The molecule has 0 aliphatic carbocycles. The van der Waals surface area contributed by atoms with Gasteiger partial charge in [0.15, 0.2) is 5.69 Å². The Morgan fingerprint density at radius 1 is 1.38 bits per heavy atom. The molecule has 0 bridgehead atoms. The maximum Gasteiger partial charge on any atom is 0.357 e. The van der Waals surface area contributed by atoms with Crippen molar-refractivity contribution in [1.29, 1.82) is 0 Å². The maximum absolute atomic E-state index is 12.1. The normalized spacial score (nSPS) is 18.6. The molecule has 1 aliphatic heterocycles. The number of nitrogens with two attached hydrogens (primary N) is 1. The van der Waals surface area contributed by atoms with Gasteiger partial charge in [0, 0.05) is 17.7 Å². The van der Waals surface area contributed by atoms with Crippen molar-refractivity contribution < 1.29 is 14.3 Å². The number of hydrogen-bond donors (Lipinski definition) is 1. The van der Waals surface area contributed by atoms with E-state index in [0.717, 1.165) is 31.3 Å². The Labute approximate surface area is 123 Å². The van der Waals surface area contributed by atoms with Crippen LogP contribution in [0.1, 0.15) is 29.8 Å². The molecule has 0 radical (unpaired) electrons. The summed E-state index contributed by atoms with van der Waals surface area (Å²) >= 11 is 0. The van der Waals surface area contributed by atoms with Crippen molar-refractivity contribution in [2.75, 3.05) is 18.9 Å². The van der Waals surface area contributed by atoms with Gasteiger partial charge in [0.25, 0.3) is 0 Å². The second-order valence-electron chi connectivity index (χ2n) is 5.20. The summed E-state index contributed by atoms with van der Waals surface area (Å²) in [5, 5.41) is 0.838. The number of aromatic nitrogens is 1. The zero-order valence-corrected chi connectivity index (χ0v) is 11.7. The van der Waals surface area contributed by atoms with E-state index < -0.39 is 5.97 Å². The summed E-state index contributed by atoms with van der Waals surface area (Å²) in [5.41, 5.74) is 7.42. The van der Waals surface area contributed by atoms with Gasteiger partial charge in [-0.25, -0.2) is 9.78 Å². The highest BCUT2D eigenvalue weighted by Crippen LogP contribution is 2.20. The van der Waals surface area contributed by atoms with Crippen LogP contribution in [0.25, 0.3) is 10.9 Å². The second kappa shape index (κ2) is 6.10. The largest absolute Gasteiger partial charge is 0.458 e. The SMILES string of the molecule is Nc1cc(C(=O)OCC2CCCCO2)nc2ccccc12. The fourth-order valence-corrected chi connectivity index (χ4v) is 2.49. The van der Waals surface area contributed by atoms with Crippen LogP contribution in [0.5, 0.6) is 0 Å². The number of rotatable bonds is 3. The van der Waals surface area contributed by atoms with Gasteiger partial charge in [0.05, 0.1) is 11.6 Å². The van der Waals surface area contributed by atoms with Crippen molar-refractivity contribution in [1.82, 2.24) is 4.98 Å². The van der Waals surface area contributed by atoms with Crippen LogP contribution in [-0.4, -0.2) is 30.3 Å². The van der Waals surface area contributed by atoms with E-state index >= 15 is 0 Å². The van der Waals surface area contributed by atoms with Gasteiger partial charge < -0.3 is 15.2 Å². The second-order valence-corrected chi connectivity index (χ2v) is 5.20. The number of para-hydroxylation sites is 1. The first kappa shape index (κ1) is 13.8. The quantitative estimate of drug-likeness (QED) is 0.878. The van der Waals surface area contributed by atoms with Crippen LogP contribution in [0.3, 0.4) is 0 Å². The first-order valence-electron chi connectivity index (χ1n) is 7.18. The zero-order chi connectivity index (χ0) is 14.7. The van der Waals surface area contributed by atoms with E-state index in [4.69, 9.17) is 15.2 Å². The lowest BCUT2D eigenvalue weighted by Crippen LogP contribution is -2.26. The molecule has 3 rings (SSSR count). The van der Waals surface area contributed by atoms with Crippen molar-refractivity contribution in [3.8, 4) is 0 Å². The van der Waals surface area contributed by atoms with Crippen LogP contribution in [-0.2, 0) is 9.47 Å². The van der Waals surface area contributed by atoms with Gasteiger partial charge in [0.1, 0.15) is 6.61 Å². The van der Waals surface area contributed by atoms with Crippen LogP contribution in [0, 0.1) is 0 Å². The summed E-state index contributed by atoms with van der Waals surface area (Å²) in [6.45, 7) is 1.01. The van der Waals surface area contributed by atoms with Crippen LogP contribution in [0.2, 0.25) is 0 Å². The number of esters is 1. The third-order valence-corrected chi connectivity index (χ3v) is 3.63. The average molecular weight is 286 g/mol. The summed E-state index contributed by atoms with van der Waals surface area (Å²) < 4.78 is 10.8. The van der Waals surface area contributed by atoms with Gasteiger partial charge in [-0.3, -0.25) is 0 Å². The summed E-state index contributed by atoms with van der Waals surface area (Å²) in [7, 11) is 0. The van der Waals surface area contributed by atoms with Gasteiger partial charge in [-0.05, 0) is 31.4 Å². The minimum atomic E-state index is -0.457. The van der Waals surface area contributed by atoms with Gasteiger partial charge in [0.2, 0.25) is 0 Å². The number of benzene rings is 1. The minimum absolute atomic E-state index is 0.000466. The topological polar surface area (TPSA) is 74.4 Å². The molecule has 2 heterocycles. The Morgan fingerprint density at radius 2 is 2.24 bits per heavy atom. The third kappa shape index (κ3) is 3.13. The van der Waals surface area contributed by atoms with E-state index in [1.807, 2.05) is 24.3 Å². The van der Waals surface area contributed by atoms with Crippen molar-refractivity contribution in [2.24, 2.45) is 0 Å². The number of hydrogen-bond acceptors (Lipinski definition) is 5. The number of nitrogens with zero attached hydrogens (tertiary/aromatic N) is 1. The van der Waals surface area contributed by atoms with E-state index in [2.05, 4.69) is 4.98 Å². The number of nitrogen functional groups attached to an aromatic ring is 1. The Bertz CT molecular complexity index is 651. The molecule has 0 saturated carbocycles. The molecular weight excluding hydrogens is 268 g/mol. The average Bonchev–Trinajstić information content (AvgIpc) is 2.53. The summed E-state index contributed by atoms with van der Waals surface area (Å²) in [4.78, 5) is 16.4. The lowest BCUT2D eigenvalue weighted by molar-refractivity contribution is -0.0302. The number of pyridine rings is 1. The molecule has 5 heteroatoms. The Hall–Kier alpha value is -2.14. The standard InChI is InChI=1S/C16H18N2O3/c17-13-9-15(18-14-7-2-1-6-12(13)14)16(19)21-10-11-5-3-4-8-20-11/h1-2,6-7,9,11H,3-5,8,10H2,(H2,17,18). The Morgan fingerprint density at radius 3 is 3.05 bits per heavy atom. The van der Waals surface area contributed by atoms with Crippen LogP contribution < -0.4 is 5.73 Å². The fourth-order valence-electron chi connectivity index (χ4n) is 2.49. The highest BCUT2D eigenvalue weighted by atomic mass is 16.6. The van der Waals surface area contributed by atoms with Crippen molar-refractivity contribution >= 4 is 22.6 Å². The lowest BCUT2D eigenvalue weighted by atomic mass is 10.1. The predicted molar refractivity (Wildman–Crippen MR) is 80.0 cm³/mol. The van der Waals surface area contributed by atoms with Crippen LogP contribution >= 0.6 is 0 Å². The highest BCUT2D eigenvalue weighted by Gasteiger charge is 2.18. The van der Waals surface area contributed by atoms with Crippen molar-refractivity contribution in [3.05, 3.63) is 36.0 Å². The summed E-state index contributed by atoms with van der Waals surface area (Å²) in [5.74, 6) is -0.457. The van der Waals surface area contributed by atoms with Gasteiger partial charge in [-0.15, -0.1) is 0 Å². The molecule has 110 valence electrons. The molecule has 2 N–H and O–H groups in total. The van der Waals surface area contributed by atoms with E-state index in [9.17, 15) is 4.79 Å². The molecule has 1 aliphatic rings. The van der Waals surface area contributed by atoms with Crippen molar-refractivity contribution in [2.45, 2.75) is 25.4 Å². The molecule has 2 aromatic rings. The molecule has 21 heavy (non-hydrogen) atoms. The maximum atomic E-state index is 12.1. The number of ether oxygens (including phenoxy) is 2. The van der Waals surface area contributed by atoms with E-state index in [-0.39, 0.29) is 18.4 Å². The molecule has 1 aromatic heterocycles. The molecular formula is C16H18N2O3. The van der Waals surface area contributed by atoms with Crippen LogP contribution in [0.4, 0.5) is 5.69 Å². The number of anilines is 1. The lowest BCUT2D eigenvalue weighted by Gasteiger charge is -2.22. The highest BCUT2D eigenvalue weighted by molar-refractivity contribution is 5.96.